The Balaban J connectivity index is 0.000000232. The zero-order chi connectivity index (χ0) is 26.9. The van der Waals surface area contributed by atoms with Crippen molar-refractivity contribution in [1.82, 2.24) is 5.32 Å². The molecule has 0 fully saturated rings. The Hall–Kier alpha value is -3.64. The van der Waals surface area contributed by atoms with Gasteiger partial charge in [0.05, 0.1) is 6.42 Å². The summed E-state index contributed by atoms with van der Waals surface area (Å²) in [6.07, 6.45) is 4.11. The van der Waals surface area contributed by atoms with Crippen molar-refractivity contribution in [3.8, 4) is 0 Å². The first-order chi connectivity index (χ1) is 18.0. The lowest BCUT2D eigenvalue weighted by Crippen LogP contribution is -2.25. The average molecular weight is 505 g/mol. The Kier molecular flexibility index (Phi) is 13.5. The Morgan fingerprint density at radius 2 is 1.57 bits per heavy atom. The van der Waals surface area contributed by atoms with E-state index in [1.54, 1.807) is 12.1 Å². The van der Waals surface area contributed by atoms with Crippen LogP contribution in [-0.4, -0.2) is 48.8 Å². The standard InChI is InChI=1S/C15H21NO4.C10H13N.C6H6/c1-2-11(8-10-17)12-3-5-13(6-4-12)15(20)16-9-7-14(18)19;1-11-8-4-6-9-5-2-3-7-10(9)11;1-2-4-6-5-3-1/h3-6,11,17H,2,7-10H2,1H3,(H,16,20)(H,18,19);2-3,5,7H,4,6,8H2,1H3;1-6H. The van der Waals surface area contributed by atoms with E-state index in [4.69, 9.17) is 10.2 Å². The zero-order valence-electron chi connectivity index (χ0n) is 22.0. The normalized spacial score (nSPS) is 12.6. The van der Waals surface area contributed by atoms with Gasteiger partial charge in [0.1, 0.15) is 0 Å². The number of amides is 1. The molecule has 0 radical (unpaired) electrons. The fourth-order valence-corrected chi connectivity index (χ4v) is 4.16. The van der Waals surface area contributed by atoms with Crippen molar-refractivity contribution in [2.24, 2.45) is 0 Å². The van der Waals surface area contributed by atoms with Crippen LogP contribution in [0, 0.1) is 0 Å². The molecule has 37 heavy (non-hydrogen) atoms. The number of rotatable bonds is 8. The van der Waals surface area contributed by atoms with Gasteiger partial charge >= 0.3 is 5.97 Å². The summed E-state index contributed by atoms with van der Waals surface area (Å²) in [4.78, 5) is 24.5. The maximum Gasteiger partial charge on any atom is 0.305 e. The third-order valence-electron chi connectivity index (χ3n) is 6.25. The summed E-state index contributed by atoms with van der Waals surface area (Å²) >= 11 is 0. The second-order valence-corrected chi connectivity index (χ2v) is 8.95. The molecule has 198 valence electrons. The van der Waals surface area contributed by atoms with E-state index in [0.29, 0.717) is 17.9 Å². The predicted octanol–water partition coefficient (Wildman–Crippen LogP) is 5.52. The van der Waals surface area contributed by atoms with Crippen LogP contribution in [0.5, 0.6) is 0 Å². The molecule has 3 N–H and O–H groups in total. The van der Waals surface area contributed by atoms with Gasteiger partial charge in [0.2, 0.25) is 0 Å². The number of carboxylic acids is 1. The maximum atomic E-state index is 11.8. The van der Waals surface area contributed by atoms with Crippen LogP contribution in [0.25, 0.3) is 0 Å². The summed E-state index contributed by atoms with van der Waals surface area (Å²) in [6, 6.07) is 27.9. The summed E-state index contributed by atoms with van der Waals surface area (Å²) in [5, 5.41) is 20.1. The third kappa shape index (κ3) is 10.9. The van der Waals surface area contributed by atoms with Gasteiger partial charge in [-0.05, 0) is 60.9 Å². The van der Waals surface area contributed by atoms with Crippen molar-refractivity contribution in [3.63, 3.8) is 0 Å². The number of carboxylic acid groups (broad SMARTS) is 1. The molecule has 1 amide bonds. The number of hydrogen-bond donors (Lipinski definition) is 3. The Labute approximate surface area is 221 Å². The Morgan fingerprint density at radius 3 is 2.11 bits per heavy atom. The number of anilines is 1. The van der Waals surface area contributed by atoms with Gasteiger partial charge in [0.15, 0.2) is 0 Å². The molecule has 0 bridgehead atoms. The molecule has 1 heterocycles. The zero-order valence-corrected chi connectivity index (χ0v) is 22.0. The van der Waals surface area contributed by atoms with Crippen molar-refractivity contribution in [1.29, 1.82) is 0 Å². The van der Waals surface area contributed by atoms with Crippen molar-refractivity contribution in [3.05, 3.63) is 102 Å². The fourth-order valence-electron chi connectivity index (χ4n) is 4.16. The van der Waals surface area contributed by atoms with Gasteiger partial charge < -0.3 is 20.4 Å². The van der Waals surface area contributed by atoms with E-state index < -0.39 is 5.97 Å². The molecular weight excluding hydrogens is 464 g/mol. The van der Waals surface area contributed by atoms with Gasteiger partial charge in [-0.2, -0.15) is 0 Å². The van der Waals surface area contributed by atoms with Crippen LogP contribution < -0.4 is 10.2 Å². The third-order valence-corrected chi connectivity index (χ3v) is 6.25. The molecule has 0 saturated heterocycles. The molecule has 4 rings (SSSR count). The van der Waals surface area contributed by atoms with E-state index in [2.05, 4.69) is 48.5 Å². The van der Waals surface area contributed by atoms with Gasteiger partial charge in [-0.15, -0.1) is 0 Å². The molecule has 6 nitrogen and oxygen atoms in total. The predicted molar refractivity (Wildman–Crippen MR) is 150 cm³/mol. The van der Waals surface area contributed by atoms with E-state index in [-0.39, 0.29) is 25.5 Å². The molecule has 0 aromatic heterocycles. The first-order valence-electron chi connectivity index (χ1n) is 13.0. The minimum absolute atomic E-state index is 0.0851. The molecule has 0 spiro atoms. The molecule has 3 aromatic rings. The topological polar surface area (TPSA) is 89.9 Å². The summed E-state index contributed by atoms with van der Waals surface area (Å²) in [5.41, 5.74) is 4.53. The van der Waals surface area contributed by atoms with Gasteiger partial charge in [0, 0.05) is 38.0 Å². The van der Waals surface area contributed by atoms with Crippen molar-refractivity contribution >= 4 is 17.6 Å². The molecule has 1 aliphatic rings. The Morgan fingerprint density at radius 1 is 0.946 bits per heavy atom. The maximum absolute atomic E-state index is 11.8. The smallest absolute Gasteiger partial charge is 0.305 e. The summed E-state index contributed by atoms with van der Waals surface area (Å²) in [7, 11) is 2.16. The van der Waals surface area contributed by atoms with Crippen molar-refractivity contribution in [2.45, 2.75) is 44.9 Å². The SMILES string of the molecule is CCC(CCO)c1ccc(C(=O)NCCC(=O)O)cc1.CN1CCCc2ccccc21.c1ccccc1. The van der Waals surface area contributed by atoms with Crippen LogP contribution in [0.15, 0.2) is 84.9 Å². The first kappa shape index (κ1) is 29.6. The molecule has 1 unspecified atom stereocenters. The number of carbonyl (C=O) groups excluding carboxylic acids is 1. The summed E-state index contributed by atoms with van der Waals surface area (Å²) in [6.45, 7) is 3.54. The lowest BCUT2D eigenvalue weighted by Gasteiger charge is -2.26. The number of fused-ring (bicyclic) bond motifs is 1. The molecule has 1 atom stereocenters. The van der Waals surface area contributed by atoms with Crippen LogP contribution in [0.1, 0.15) is 60.0 Å². The number of aliphatic carboxylic acids is 1. The molecule has 0 aliphatic carbocycles. The van der Waals surface area contributed by atoms with Crippen LogP contribution >= 0.6 is 0 Å². The van der Waals surface area contributed by atoms with Crippen molar-refractivity contribution in [2.75, 3.05) is 31.6 Å². The second-order valence-electron chi connectivity index (χ2n) is 8.95. The lowest BCUT2D eigenvalue weighted by atomic mass is 9.93. The largest absolute Gasteiger partial charge is 0.481 e. The highest BCUT2D eigenvalue weighted by atomic mass is 16.4. The monoisotopic (exact) mass is 504 g/mol. The number of carbonyl (C=O) groups is 2. The molecule has 3 aromatic carbocycles. The van der Waals surface area contributed by atoms with Gasteiger partial charge in [0.25, 0.3) is 5.91 Å². The molecular formula is C31H40N2O4. The lowest BCUT2D eigenvalue weighted by molar-refractivity contribution is -0.136. The minimum atomic E-state index is -0.935. The van der Waals surface area contributed by atoms with E-state index in [0.717, 1.165) is 12.0 Å². The number of hydrogen-bond acceptors (Lipinski definition) is 4. The van der Waals surface area contributed by atoms with Gasteiger partial charge in [-0.1, -0.05) is 73.7 Å². The number of nitrogens with one attached hydrogen (secondary N) is 1. The summed E-state index contributed by atoms with van der Waals surface area (Å²) in [5.74, 6) is -0.910. The van der Waals surface area contributed by atoms with Crippen LogP contribution in [0.3, 0.4) is 0 Å². The molecule has 0 saturated carbocycles. The van der Waals surface area contributed by atoms with Gasteiger partial charge in [-0.25, -0.2) is 0 Å². The minimum Gasteiger partial charge on any atom is -0.481 e. The highest BCUT2D eigenvalue weighted by molar-refractivity contribution is 5.94. The Bertz CT molecular complexity index is 1030. The van der Waals surface area contributed by atoms with E-state index in [1.165, 1.54) is 30.6 Å². The molecule has 1 aliphatic heterocycles. The quantitative estimate of drug-likeness (QED) is 0.376. The number of para-hydroxylation sites is 1. The fraction of sp³-hybridized carbons (Fsp3) is 0.355. The average Bonchev–Trinajstić information content (AvgIpc) is 2.93. The van der Waals surface area contributed by atoms with Crippen LogP contribution in [0.4, 0.5) is 5.69 Å². The number of aliphatic hydroxyl groups is 1. The van der Waals surface area contributed by atoms with E-state index in [1.807, 2.05) is 48.5 Å². The van der Waals surface area contributed by atoms with Crippen molar-refractivity contribution < 1.29 is 19.8 Å². The second kappa shape index (κ2) is 16.9. The number of nitrogens with zero attached hydrogens (tertiary/aromatic N) is 1. The number of aryl methyl sites for hydroxylation is 1. The highest BCUT2D eigenvalue weighted by Crippen LogP contribution is 2.25. The first-order valence-corrected chi connectivity index (χ1v) is 13.0. The number of aliphatic hydroxyl groups excluding tert-OH is 1. The van der Waals surface area contributed by atoms with Crippen LogP contribution in [-0.2, 0) is 11.2 Å². The highest BCUT2D eigenvalue weighted by Gasteiger charge is 2.12. The molecule has 6 heteroatoms. The van der Waals surface area contributed by atoms with E-state index >= 15 is 0 Å². The summed E-state index contributed by atoms with van der Waals surface area (Å²) < 4.78 is 0. The van der Waals surface area contributed by atoms with E-state index in [9.17, 15) is 9.59 Å². The van der Waals surface area contributed by atoms with Crippen LogP contribution in [0.2, 0.25) is 0 Å². The number of benzene rings is 3. The van der Waals surface area contributed by atoms with Gasteiger partial charge in [-0.3, -0.25) is 9.59 Å².